The first-order valence-corrected chi connectivity index (χ1v) is 5.37. The summed E-state index contributed by atoms with van der Waals surface area (Å²) in [7, 11) is 4.29. The van der Waals surface area contributed by atoms with Gasteiger partial charge < -0.3 is 4.57 Å². The van der Waals surface area contributed by atoms with Crippen molar-refractivity contribution in [3.8, 4) is 0 Å². The van der Waals surface area contributed by atoms with Gasteiger partial charge >= 0.3 is 0 Å². The third-order valence-electron chi connectivity index (χ3n) is 1.47. The van der Waals surface area contributed by atoms with Crippen LogP contribution in [-0.2, 0) is 0 Å². The molecule has 0 aromatic rings. The Kier molecular flexibility index (Phi) is 5.64. The molecule has 0 unspecified atom stereocenters. The van der Waals surface area contributed by atoms with Crippen LogP contribution in [0.25, 0.3) is 0 Å². The number of allylic oxidation sites excluding steroid dienone is 2. The van der Waals surface area contributed by atoms with Crippen molar-refractivity contribution < 1.29 is 0 Å². The average Bonchev–Trinajstić information content (AvgIpc) is 1.86. The van der Waals surface area contributed by atoms with E-state index in [0.717, 1.165) is 0 Å². The molecule has 0 saturated carbocycles. The lowest BCUT2D eigenvalue weighted by Gasteiger charge is -2.10. The SMILES string of the molecule is CCC=C(CC)[SiH2]N(C)C. The maximum atomic E-state index is 2.38. The maximum absolute atomic E-state index is 2.38. The van der Waals surface area contributed by atoms with Gasteiger partial charge in [0.05, 0.1) is 0 Å². The van der Waals surface area contributed by atoms with E-state index < -0.39 is 0 Å². The zero-order valence-corrected chi connectivity index (χ0v) is 9.06. The first-order chi connectivity index (χ1) is 4.70. The van der Waals surface area contributed by atoms with Crippen molar-refractivity contribution in [3.63, 3.8) is 0 Å². The smallest absolute Gasteiger partial charge is 0.121 e. The van der Waals surface area contributed by atoms with Gasteiger partial charge in [-0.2, -0.15) is 0 Å². The van der Waals surface area contributed by atoms with E-state index in [1.54, 1.807) is 5.20 Å². The van der Waals surface area contributed by atoms with Crippen LogP contribution in [0.3, 0.4) is 0 Å². The average molecular weight is 157 g/mol. The van der Waals surface area contributed by atoms with Crippen LogP contribution >= 0.6 is 0 Å². The van der Waals surface area contributed by atoms with Crippen LogP contribution in [0, 0.1) is 0 Å². The molecule has 0 saturated heterocycles. The number of hydrogen-bond acceptors (Lipinski definition) is 1. The molecule has 0 aliphatic heterocycles. The van der Waals surface area contributed by atoms with Crippen molar-refractivity contribution in [1.29, 1.82) is 0 Å². The van der Waals surface area contributed by atoms with Crippen LogP contribution in [0.15, 0.2) is 11.3 Å². The largest absolute Gasteiger partial charge is 0.331 e. The molecule has 1 nitrogen and oxygen atoms in total. The standard InChI is InChI=1S/C8H19NSi/c1-5-7-8(6-2)10-9(3)4/h7H,5-6,10H2,1-4H3. The van der Waals surface area contributed by atoms with E-state index >= 15 is 0 Å². The van der Waals surface area contributed by atoms with E-state index in [4.69, 9.17) is 0 Å². The quantitative estimate of drug-likeness (QED) is 0.557. The van der Waals surface area contributed by atoms with E-state index in [2.05, 4.69) is 38.6 Å². The van der Waals surface area contributed by atoms with Crippen molar-refractivity contribution in [2.24, 2.45) is 0 Å². The second-order valence-electron chi connectivity index (χ2n) is 2.86. The van der Waals surface area contributed by atoms with Gasteiger partial charge in [0, 0.05) is 0 Å². The predicted octanol–water partition coefficient (Wildman–Crippen LogP) is 1.34. The molecular weight excluding hydrogens is 138 g/mol. The molecule has 0 aromatic carbocycles. The Labute approximate surface area is 67.0 Å². The summed E-state index contributed by atoms with van der Waals surface area (Å²) in [6, 6.07) is 0. The van der Waals surface area contributed by atoms with Gasteiger partial charge in [-0.3, -0.25) is 0 Å². The van der Waals surface area contributed by atoms with Crippen LogP contribution in [0.1, 0.15) is 26.7 Å². The van der Waals surface area contributed by atoms with Gasteiger partial charge in [0.25, 0.3) is 0 Å². The van der Waals surface area contributed by atoms with Crippen molar-refractivity contribution in [3.05, 3.63) is 11.3 Å². The maximum Gasteiger partial charge on any atom is 0.121 e. The zero-order valence-electron chi connectivity index (χ0n) is 7.65. The fraction of sp³-hybridized carbons (Fsp3) is 0.750. The summed E-state index contributed by atoms with van der Waals surface area (Å²) in [5, 5.41) is 1.69. The molecule has 0 aliphatic carbocycles. The second kappa shape index (κ2) is 5.68. The highest BCUT2D eigenvalue weighted by Crippen LogP contribution is 2.00. The van der Waals surface area contributed by atoms with Gasteiger partial charge in [0.15, 0.2) is 0 Å². The minimum atomic E-state index is -0.0565. The highest BCUT2D eigenvalue weighted by molar-refractivity contribution is 6.41. The number of nitrogens with zero attached hydrogens (tertiary/aromatic N) is 1. The van der Waals surface area contributed by atoms with E-state index in [9.17, 15) is 0 Å². The minimum absolute atomic E-state index is 0.0565. The van der Waals surface area contributed by atoms with E-state index in [-0.39, 0.29) is 9.68 Å². The lowest BCUT2D eigenvalue weighted by Crippen LogP contribution is -2.19. The van der Waals surface area contributed by atoms with Gasteiger partial charge in [-0.1, -0.05) is 25.1 Å². The Bertz CT molecular complexity index is 108. The summed E-state index contributed by atoms with van der Waals surface area (Å²) < 4.78 is 2.35. The number of hydrogen-bond donors (Lipinski definition) is 0. The molecule has 0 fully saturated rings. The molecule has 0 aliphatic rings. The summed E-state index contributed by atoms with van der Waals surface area (Å²) in [6.45, 7) is 4.46. The van der Waals surface area contributed by atoms with E-state index in [0.29, 0.717) is 0 Å². The molecule has 0 amide bonds. The molecule has 60 valence electrons. The van der Waals surface area contributed by atoms with Gasteiger partial charge in [0.2, 0.25) is 0 Å². The van der Waals surface area contributed by atoms with Gasteiger partial charge in [-0.15, -0.1) is 0 Å². The molecule has 0 radical (unpaired) electrons. The highest BCUT2D eigenvalue weighted by Gasteiger charge is 1.95. The van der Waals surface area contributed by atoms with Crippen LogP contribution < -0.4 is 0 Å². The second-order valence-corrected chi connectivity index (χ2v) is 5.35. The van der Waals surface area contributed by atoms with E-state index in [1.165, 1.54) is 12.8 Å². The highest BCUT2D eigenvalue weighted by atomic mass is 28.2. The molecule has 2 heteroatoms. The van der Waals surface area contributed by atoms with Gasteiger partial charge in [-0.05, 0) is 26.9 Å². The topological polar surface area (TPSA) is 3.24 Å². The molecule has 0 N–H and O–H groups in total. The molecule has 0 rings (SSSR count). The molecule has 0 bridgehead atoms. The van der Waals surface area contributed by atoms with Crippen molar-refractivity contribution in [1.82, 2.24) is 4.57 Å². The monoisotopic (exact) mass is 157 g/mol. The summed E-state index contributed by atoms with van der Waals surface area (Å²) in [4.78, 5) is 0. The molecule has 10 heavy (non-hydrogen) atoms. The van der Waals surface area contributed by atoms with Crippen LogP contribution in [-0.4, -0.2) is 28.3 Å². The Morgan fingerprint density at radius 1 is 1.40 bits per heavy atom. The normalized spacial score (nSPS) is 13.9. The first kappa shape index (κ1) is 9.92. The zero-order chi connectivity index (χ0) is 7.98. The lowest BCUT2D eigenvalue weighted by atomic mass is 10.3. The van der Waals surface area contributed by atoms with Gasteiger partial charge in [-0.25, -0.2) is 0 Å². The molecule has 0 atom stereocenters. The van der Waals surface area contributed by atoms with Gasteiger partial charge in [0.1, 0.15) is 9.68 Å². The summed E-state index contributed by atoms with van der Waals surface area (Å²) >= 11 is 0. The Morgan fingerprint density at radius 2 is 2.00 bits per heavy atom. The molecule has 0 heterocycles. The molecule has 0 aromatic heterocycles. The Morgan fingerprint density at radius 3 is 2.30 bits per heavy atom. The van der Waals surface area contributed by atoms with Crippen molar-refractivity contribution in [2.75, 3.05) is 14.1 Å². The Hall–Kier alpha value is -0.0831. The predicted molar refractivity (Wildman–Crippen MR) is 50.9 cm³/mol. The third-order valence-corrected chi connectivity index (χ3v) is 3.29. The van der Waals surface area contributed by atoms with Crippen LogP contribution in [0.5, 0.6) is 0 Å². The summed E-state index contributed by atoms with van der Waals surface area (Å²) in [5.41, 5.74) is 0. The summed E-state index contributed by atoms with van der Waals surface area (Å²) in [5.74, 6) is 0. The van der Waals surface area contributed by atoms with E-state index in [1.807, 2.05) is 0 Å². The van der Waals surface area contributed by atoms with Crippen molar-refractivity contribution in [2.45, 2.75) is 26.7 Å². The fourth-order valence-electron chi connectivity index (χ4n) is 1.02. The third kappa shape index (κ3) is 4.76. The minimum Gasteiger partial charge on any atom is -0.331 e. The first-order valence-electron chi connectivity index (χ1n) is 4.03. The molecular formula is C8H19NSi. The molecule has 0 spiro atoms. The fourth-order valence-corrected chi connectivity index (χ4v) is 2.47. The van der Waals surface area contributed by atoms with Crippen LogP contribution in [0.2, 0.25) is 0 Å². The Balaban J connectivity index is 3.71. The number of rotatable bonds is 4. The summed E-state index contributed by atoms with van der Waals surface area (Å²) in [6.07, 6.45) is 4.83. The van der Waals surface area contributed by atoms with Crippen LogP contribution in [0.4, 0.5) is 0 Å². The lowest BCUT2D eigenvalue weighted by molar-refractivity contribution is 0.663. The van der Waals surface area contributed by atoms with Crippen molar-refractivity contribution >= 4 is 9.68 Å².